The van der Waals surface area contributed by atoms with Gasteiger partial charge in [0.1, 0.15) is 5.75 Å². The SMILES string of the molecule is Cc1cccc(OCC(=O)OCCCN2C(=O)c3ccc(Br)cc3C2=O)c1C. The van der Waals surface area contributed by atoms with Gasteiger partial charge in [0.2, 0.25) is 0 Å². The number of aryl methyl sites for hydroxylation is 1. The number of benzene rings is 2. The largest absolute Gasteiger partial charge is 0.482 e. The Hall–Kier alpha value is -2.67. The number of fused-ring (bicyclic) bond motifs is 1. The van der Waals surface area contributed by atoms with Gasteiger partial charge in [-0.1, -0.05) is 28.1 Å². The standard InChI is InChI=1S/C21H20BrNO5/c1-13-5-3-6-18(14(13)2)28-12-19(24)27-10-4-9-23-20(25)16-8-7-15(22)11-17(16)21(23)26/h3,5-8,11H,4,9-10,12H2,1-2H3. The molecular weight excluding hydrogens is 426 g/mol. The van der Waals surface area contributed by atoms with E-state index in [1.807, 2.05) is 26.0 Å². The summed E-state index contributed by atoms with van der Waals surface area (Å²) in [5.74, 6) is -0.496. The van der Waals surface area contributed by atoms with Crippen molar-refractivity contribution in [2.24, 2.45) is 0 Å². The van der Waals surface area contributed by atoms with Crippen LogP contribution in [0.3, 0.4) is 0 Å². The van der Waals surface area contributed by atoms with E-state index in [4.69, 9.17) is 9.47 Å². The van der Waals surface area contributed by atoms with Gasteiger partial charge in [-0.3, -0.25) is 14.5 Å². The van der Waals surface area contributed by atoms with Gasteiger partial charge in [-0.05, 0) is 55.7 Å². The van der Waals surface area contributed by atoms with E-state index < -0.39 is 5.97 Å². The highest BCUT2D eigenvalue weighted by molar-refractivity contribution is 9.10. The minimum absolute atomic E-state index is 0.103. The molecule has 0 bridgehead atoms. The van der Waals surface area contributed by atoms with E-state index in [0.29, 0.717) is 23.3 Å². The van der Waals surface area contributed by atoms with E-state index in [9.17, 15) is 14.4 Å². The third-order valence-electron chi connectivity index (χ3n) is 4.62. The maximum Gasteiger partial charge on any atom is 0.344 e. The van der Waals surface area contributed by atoms with E-state index in [0.717, 1.165) is 15.6 Å². The highest BCUT2D eigenvalue weighted by atomic mass is 79.9. The molecule has 3 rings (SSSR count). The molecule has 0 atom stereocenters. The molecule has 2 aromatic carbocycles. The van der Waals surface area contributed by atoms with Crippen molar-refractivity contribution in [1.29, 1.82) is 0 Å². The summed E-state index contributed by atoms with van der Waals surface area (Å²) in [5.41, 5.74) is 2.84. The van der Waals surface area contributed by atoms with E-state index in [-0.39, 0.29) is 31.6 Å². The molecule has 1 aliphatic heterocycles. The minimum atomic E-state index is -0.493. The number of imide groups is 1. The van der Waals surface area contributed by atoms with Gasteiger partial charge >= 0.3 is 5.97 Å². The molecule has 0 radical (unpaired) electrons. The summed E-state index contributed by atoms with van der Waals surface area (Å²) in [5, 5.41) is 0. The second kappa shape index (κ2) is 8.56. The number of hydrogen-bond donors (Lipinski definition) is 0. The summed E-state index contributed by atoms with van der Waals surface area (Å²) in [6.07, 6.45) is 0.363. The number of ether oxygens (including phenoxy) is 2. The lowest BCUT2D eigenvalue weighted by Crippen LogP contribution is -2.31. The van der Waals surface area contributed by atoms with Crippen molar-refractivity contribution in [2.75, 3.05) is 19.8 Å². The number of hydrogen-bond acceptors (Lipinski definition) is 5. The smallest absolute Gasteiger partial charge is 0.344 e. The molecule has 2 amide bonds. The Morgan fingerprint density at radius 2 is 1.82 bits per heavy atom. The fourth-order valence-corrected chi connectivity index (χ4v) is 3.29. The second-order valence-corrected chi connectivity index (χ2v) is 7.43. The number of halogens is 1. The van der Waals surface area contributed by atoms with Crippen LogP contribution in [0.25, 0.3) is 0 Å². The molecule has 146 valence electrons. The normalized spacial score (nSPS) is 12.9. The quantitative estimate of drug-likeness (QED) is 0.369. The average molecular weight is 446 g/mol. The molecule has 2 aromatic rings. The van der Waals surface area contributed by atoms with Crippen LogP contribution in [-0.4, -0.2) is 42.4 Å². The van der Waals surface area contributed by atoms with Gasteiger partial charge in [0, 0.05) is 11.0 Å². The minimum Gasteiger partial charge on any atom is -0.482 e. The third kappa shape index (κ3) is 4.25. The molecule has 1 aliphatic rings. The molecule has 0 saturated carbocycles. The Morgan fingerprint density at radius 1 is 1.07 bits per heavy atom. The van der Waals surface area contributed by atoms with Gasteiger partial charge in [-0.2, -0.15) is 0 Å². The van der Waals surface area contributed by atoms with Crippen molar-refractivity contribution in [3.63, 3.8) is 0 Å². The van der Waals surface area contributed by atoms with Gasteiger partial charge in [-0.15, -0.1) is 0 Å². The first-order chi connectivity index (χ1) is 13.4. The fourth-order valence-electron chi connectivity index (χ4n) is 2.93. The predicted octanol–water partition coefficient (Wildman–Crippen LogP) is 3.67. The molecule has 7 heteroatoms. The van der Waals surface area contributed by atoms with Gasteiger partial charge in [0.05, 0.1) is 17.7 Å². The number of carbonyl (C=O) groups is 3. The van der Waals surface area contributed by atoms with E-state index in [2.05, 4.69) is 15.9 Å². The lowest BCUT2D eigenvalue weighted by Gasteiger charge is -2.14. The zero-order valence-electron chi connectivity index (χ0n) is 15.7. The van der Waals surface area contributed by atoms with Crippen LogP contribution in [0.15, 0.2) is 40.9 Å². The molecular formula is C21H20BrNO5. The average Bonchev–Trinajstić information content (AvgIpc) is 2.90. The van der Waals surface area contributed by atoms with Crippen LogP contribution in [0, 0.1) is 13.8 Å². The van der Waals surface area contributed by atoms with Crippen LogP contribution in [0.2, 0.25) is 0 Å². The lowest BCUT2D eigenvalue weighted by atomic mass is 10.1. The molecule has 0 unspecified atom stereocenters. The first-order valence-corrected chi connectivity index (χ1v) is 9.68. The summed E-state index contributed by atoms with van der Waals surface area (Å²) in [7, 11) is 0. The van der Waals surface area contributed by atoms with Crippen LogP contribution in [0.4, 0.5) is 0 Å². The molecule has 6 nitrogen and oxygen atoms in total. The number of rotatable bonds is 7. The van der Waals surface area contributed by atoms with Gasteiger partial charge < -0.3 is 9.47 Å². The zero-order valence-corrected chi connectivity index (χ0v) is 17.2. The van der Waals surface area contributed by atoms with E-state index >= 15 is 0 Å². The molecule has 1 heterocycles. The molecule has 0 fully saturated rings. The zero-order chi connectivity index (χ0) is 20.3. The summed E-state index contributed by atoms with van der Waals surface area (Å²) in [4.78, 5) is 37.7. The van der Waals surface area contributed by atoms with Crippen molar-refractivity contribution >= 4 is 33.7 Å². The lowest BCUT2D eigenvalue weighted by molar-refractivity contribution is -0.146. The van der Waals surface area contributed by atoms with Crippen molar-refractivity contribution in [1.82, 2.24) is 4.90 Å². The molecule has 0 aromatic heterocycles. The van der Waals surface area contributed by atoms with Crippen molar-refractivity contribution in [2.45, 2.75) is 20.3 Å². The molecule has 0 aliphatic carbocycles. The summed E-state index contributed by atoms with van der Waals surface area (Å²) < 4.78 is 11.4. The predicted molar refractivity (Wildman–Crippen MR) is 106 cm³/mol. The van der Waals surface area contributed by atoms with E-state index in [1.54, 1.807) is 24.3 Å². The van der Waals surface area contributed by atoms with Gasteiger partial charge in [-0.25, -0.2) is 4.79 Å². The number of amides is 2. The number of nitrogens with zero attached hydrogens (tertiary/aromatic N) is 1. The Balaban J connectivity index is 1.43. The van der Waals surface area contributed by atoms with Crippen LogP contribution in [-0.2, 0) is 9.53 Å². The summed E-state index contributed by atoms with van der Waals surface area (Å²) in [6, 6.07) is 10.6. The fraction of sp³-hybridized carbons (Fsp3) is 0.286. The number of carbonyl (C=O) groups excluding carboxylic acids is 3. The first-order valence-electron chi connectivity index (χ1n) is 8.89. The van der Waals surface area contributed by atoms with Crippen LogP contribution in [0.1, 0.15) is 38.3 Å². The van der Waals surface area contributed by atoms with Gasteiger partial charge in [0.15, 0.2) is 6.61 Å². The molecule has 0 saturated heterocycles. The van der Waals surface area contributed by atoms with E-state index in [1.165, 1.54) is 4.90 Å². The van der Waals surface area contributed by atoms with Gasteiger partial charge in [0.25, 0.3) is 11.8 Å². The van der Waals surface area contributed by atoms with Crippen molar-refractivity contribution in [3.05, 3.63) is 63.1 Å². The van der Waals surface area contributed by atoms with Crippen molar-refractivity contribution < 1.29 is 23.9 Å². The monoisotopic (exact) mass is 445 g/mol. The Bertz CT molecular complexity index is 940. The topological polar surface area (TPSA) is 72.9 Å². The Kier molecular flexibility index (Phi) is 6.14. The maximum atomic E-state index is 12.4. The highest BCUT2D eigenvalue weighted by Crippen LogP contribution is 2.26. The highest BCUT2D eigenvalue weighted by Gasteiger charge is 2.35. The Morgan fingerprint density at radius 3 is 2.61 bits per heavy atom. The maximum absolute atomic E-state index is 12.4. The summed E-state index contributed by atoms with van der Waals surface area (Å²) in [6.45, 7) is 4.00. The van der Waals surface area contributed by atoms with Crippen LogP contribution >= 0.6 is 15.9 Å². The summed E-state index contributed by atoms with van der Waals surface area (Å²) >= 11 is 3.30. The molecule has 28 heavy (non-hydrogen) atoms. The van der Waals surface area contributed by atoms with Crippen molar-refractivity contribution in [3.8, 4) is 5.75 Å². The first kappa shape index (κ1) is 20.1. The molecule has 0 spiro atoms. The third-order valence-corrected chi connectivity index (χ3v) is 5.12. The van der Waals surface area contributed by atoms with Crippen LogP contribution < -0.4 is 4.74 Å². The molecule has 0 N–H and O–H groups in total. The second-order valence-electron chi connectivity index (χ2n) is 6.51. The Labute approximate surface area is 171 Å². The van der Waals surface area contributed by atoms with Crippen LogP contribution in [0.5, 0.6) is 5.75 Å². The number of esters is 1.